The van der Waals surface area contributed by atoms with Crippen molar-refractivity contribution < 1.29 is 13.2 Å². The highest BCUT2D eigenvalue weighted by molar-refractivity contribution is 7.90. The lowest BCUT2D eigenvalue weighted by Crippen LogP contribution is -2.55. The summed E-state index contributed by atoms with van der Waals surface area (Å²) < 4.78 is 33.6. The predicted molar refractivity (Wildman–Crippen MR) is 236 cm³/mol. The second-order valence-corrected chi connectivity index (χ2v) is 18.9. The van der Waals surface area contributed by atoms with E-state index in [0.29, 0.717) is 56.2 Å². The summed E-state index contributed by atoms with van der Waals surface area (Å²) in [4.78, 5) is 28.0. The van der Waals surface area contributed by atoms with Crippen LogP contribution in [0, 0.1) is 18.8 Å². The van der Waals surface area contributed by atoms with E-state index in [0.717, 1.165) is 57.3 Å². The minimum absolute atomic E-state index is 0.125. The molecule has 1 aliphatic carbocycles. The molecular weight excluding hydrogens is 771 g/mol. The van der Waals surface area contributed by atoms with Gasteiger partial charge in [0.2, 0.25) is 5.91 Å². The van der Waals surface area contributed by atoms with E-state index in [-0.39, 0.29) is 10.8 Å². The smallest absolute Gasteiger partial charge is 0.268 e. The Morgan fingerprint density at radius 3 is 1.97 bits per heavy atom. The summed E-state index contributed by atoms with van der Waals surface area (Å²) in [6, 6.07) is 40.1. The van der Waals surface area contributed by atoms with Gasteiger partial charge < -0.3 is 9.47 Å². The topological polar surface area (TPSA) is 87.9 Å². The molecule has 1 amide bonds. The Morgan fingerprint density at radius 2 is 1.41 bits per heavy atom. The molecule has 0 radical (unpaired) electrons. The van der Waals surface area contributed by atoms with Crippen LogP contribution < -0.4 is 0 Å². The van der Waals surface area contributed by atoms with Gasteiger partial charge in [0.1, 0.15) is 22.3 Å². The monoisotopic (exact) mass is 821 g/mol. The Kier molecular flexibility index (Phi) is 10.9. The second-order valence-electron chi connectivity index (χ2n) is 16.2. The molecule has 0 spiro atoms. The number of carbonyl (C=O) groups is 1. The largest absolute Gasteiger partial charge is 0.341 e. The number of carbonyl (C=O) groups excluding carboxylic acids is 1. The number of sulfonamides is 1. The molecule has 302 valence electrons. The number of thiophene rings is 1. The Labute approximate surface area is 352 Å². The van der Waals surface area contributed by atoms with Gasteiger partial charge >= 0.3 is 0 Å². The molecule has 6 aromatic rings. The number of rotatable bonds is 13. The number of aliphatic imine (C=N–C) groups is 1. The van der Waals surface area contributed by atoms with Gasteiger partial charge in [0.15, 0.2) is 0 Å². The van der Waals surface area contributed by atoms with Crippen molar-refractivity contribution in [1.29, 1.82) is 0 Å². The number of imidazole rings is 1. The number of likely N-dealkylation sites (tertiary alicyclic amines) is 1. The SMILES string of the molecule is CCC1=Nc2c(-c3cccs3)cccc2S(=O)(=O)N1[C@@H](CCCc1ncn(C(c2ccccc2)(c2ccccc2)c2ccccc2)c1C)C(=O)N1CCC(C2CC2)CC1. The van der Waals surface area contributed by atoms with Crippen molar-refractivity contribution in [3.05, 3.63) is 161 Å². The van der Waals surface area contributed by atoms with Crippen LogP contribution >= 0.6 is 11.3 Å². The quantitative estimate of drug-likeness (QED) is 0.109. The van der Waals surface area contributed by atoms with E-state index >= 15 is 0 Å². The van der Waals surface area contributed by atoms with Crippen molar-refractivity contribution in [2.24, 2.45) is 16.8 Å². The molecule has 59 heavy (non-hydrogen) atoms. The van der Waals surface area contributed by atoms with Crippen molar-refractivity contribution in [1.82, 2.24) is 18.8 Å². The first kappa shape index (κ1) is 39.2. The van der Waals surface area contributed by atoms with Crippen molar-refractivity contribution >= 4 is 38.8 Å². The van der Waals surface area contributed by atoms with Crippen LogP contribution in [0.2, 0.25) is 0 Å². The lowest BCUT2D eigenvalue weighted by molar-refractivity contribution is -0.136. The summed E-state index contributed by atoms with van der Waals surface area (Å²) >= 11 is 1.56. The van der Waals surface area contributed by atoms with Gasteiger partial charge in [0, 0.05) is 35.6 Å². The van der Waals surface area contributed by atoms with E-state index in [9.17, 15) is 13.2 Å². The van der Waals surface area contributed by atoms with Gasteiger partial charge in [0.25, 0.3) is 10.0 Å². The third-order valence-electron chi connectivity index (χ3n) is 12.8. The number of aromatic nitrogens is 2. The first-order valence-electron chi connectivity index (χ1n) is 21.1. The van der Waals surface area contributed by atoms with E-state index in [1.165, 1.54) is 17.1 Å². The zero-order chi connectivity index (χ0) is 40.6. The standard InChI is InChI=1S/C49H51N5O3S2/c1-3-46-51-47-41(44-25-15-33-58-44)22-13-26-45(47)59(56,57)54(46)43(48(55)52-31-29-37(30-32-52)36-27-28-36)24-14-23-42-35(2)53(34-50-42)49(38-16-7-4-8-17-38,39-18-9-5-10-19-39)40-20-11-6-12-21-40/h4-13,15-22,25-26,33-34,36-37,43H,3,14,23-24,27-32H2,1-2H3/t43-/m0/s1. The normalized spacial score (nSPS) is 17.4. The van der Waals surface area contributed by atoms with Crippen LogP contribution in [0.4, 0.5) is 5.69 Å². The Morgan fingerprint density at radius 1 is 0.797 bits per heavy atom. The summed E-state index contributed by atoms with van der Waals surface area (Å²) in [7, 11) is -4.13. The third kappa shape index (κ3) is 7.14. The number of amidine groups is 1. The molecule has 4 heterocycles. The van der Waals surface area contributed by atoms with Gasteiger partial charge in [0.05, 0.1) is 17.7 Å². The molecule has 9 rings (SSSR count). The van der Waals surface area contributed by atoms with Crippen molar-refractivity contribution in [3.8, 4) is 10.4 Å². The summed E-state index contributed by atoms with van der Waals surface area (Å²) in [5, 5.41) is 1.99. The summed E-state index contributed by atoms with van der Waals surface area (Å²) in [5.41, 5.74) is 5.83. The molecule has 2 aliphatic heterocycles. The summed E-state index contributed by atoms with van der Waals surface area (Å²) in [6.45, 7) is 5.37. The fraction of sp³-hybridized carbons (Fsp3) is 0.327. The van der Waals surface area contributed by atoms with E-state index in [4.69, 9.17) is 9.98 Å². The molecular formula is C49H51N5O3S2. The molecule has 10 heteroatoms. The number of amides is 1. The molecule has 8 nitrogen and oxygen atoms in total. The van der Waals surface area contributed by atoms with Gasteiger partial charge in [-0.2, -0.15) is 0 Å². The molecule has 2 fully saturated rings. The van der Waals surface area contributed by atoms with Gasteiger partial charge in [-0.15, -0.1) is 11.3 Å². The van der Waals surface area contributed by atoms with Gasteiger partial charge in [-0.1, -0.05) is 116 Å². The van der Waals surface area contributed by atoms with Crippen molar-refractivity contribution in [3.63, 3.8) is 0 Å². The number of hydrogen-bond acceptors (Lipinski definition) is 6. The first-order chi connectivity index (χ1) is 28.8. The fourth-order valence-electron chi connectivity index (χ4n) is 9.64. The maximum absolute atomic E-state index is 14.9. The number of benzene rings is 4. The summed E-state index contributed by atoms with van der Waals surface area (Å²) in [6.07, 6.45) is 8.31. The highest BCUT2D eigenvalue weighted by Gasteiger charge is 2.45. The molecule has 0 N–H and O–H groups in total. The van der Waals surface area contributed by atoms with E-state index < -0.39 is 21.6 Å². The first-order valence-corrected chi connectivity index (χ1v) is 23.4. The average Bonchev–Trinajstić information content (AvgIpc) is 3.86. The molecule has 1 saturated carbocycles. The summed E-state index contributed by atoms with van der Waals surface area (Å²) in [5.74, 6) is 1.72. The zero-order valence-electron chi connectivity index (χ0n) is 33.8. The maximum atomic E-state index is 14.9. The molecule has 0 bridgehead atoms. The number of nitrogens with zero attached hydrogens (tertiary/aromatic N) is 5. The van der Waals surface area contributed by atoms with Crippen LogP contribution in [0.1, 0.15) is 79.9 Å². The fourth-order valence-corrected chi connectivity index (χ4v) is 12.2. The number of hydrogen-bond donors (Lipinski definition) is 0. The minimum atomic E-state index is -4.13. The van der Waals surface area contributed by atoms with Crippen LogP contribution in [0.3, 0.4) is 0 Å². The zero-order valence-corrected chi connectivity index (χ0v) is 35.4. The number of para-hydroxylation sites is 1. The van der Waals surface area contributed by atoms with Crippen molar-refractivity contribution in [2.45, 2.75) is 81.7 Å². The van der Waals surface area contributed by atoms with Crippen LogP contribution in [0.15, 0.2) is 143 Å². The molecule has 4 aromatic carbocycles. The number of fused-ring (bicyclic) bond motifs is 1. The van der Waals surface area contributed by atoms with Gasteiger partial charge in [-0.25, -0.2) is 22.7 Å². The Bertz CT molecular complexity index is 2450. The van der Waals surface area contributed by atoms with E-state index in [2.05, 4.69) is 84.3 Å². The molecule has 2 aromatic heterocycles. The molecule has 0 unspecified atom stereocenters. The lowest BCUT2D eigenvalue weighted by atomic mass is 9.76. The number of aryl methyl sites for hydroxylation is 1. The highest BCUT2D eigenvalue weighted by atomic mass is 32.2. The molecule has 1 saturated heterocycles. The Hall–Kier alpha value is -5.32. The van der Waals surface area contributed by atoms with Crippen LogP contribution in [0.5, 0.6) is 0 Å². The van der Waals surface area contributed by atoms with Gasteiger partial charge in [-0.3, -0.25) is 4.79 Å². The lowest BCUT2D eigenvalue weighted by Gasteiger charge is -2.40. The third-order valence-corrected chi connectivity index (χ3v) is 15.5. The van der Waals surface area contributed by atoms with E-state index in [1.54, 1.807) is 23.5 Å². The predicted octanol–water partition coefficient (Wildman–Crippen LogP) is 10.2. The molecule has 3 aliphatic rings. The maximum Gasteiger partial charge on any atom is 0.268 e. The van der Waals surface area contributed by atoms with E-state index in [1.807, 2.05) is 59.9 Å². The number of piperidine rings is 1. The minimum Gasteiger partial charge on any atom is -0.341 e. The second kappa shape index (κ2) is 16.4. The van der Waals surface area contributed by atoms with Gasteiger partial charge in [-0.05, 0) is 97.9 Å². The van der Waals surface area contributed by atoms with Crippen molar-refractivity contribution in [2.75, 3.05) is 13.1 Å². The van der Waals surface area contributed by atoms with Crippen LogP contribution in [-0.2, 0) is 26.8 Å². The average molecular weight is 822 g/mol. The Balaban J connectivity index is 1.07. The van der Waals surface area contributed by atoms with Crippen LogP contribution in [-0.4, -0.2) is 58.0 Å². The highest BCUT2D eigenvalue weighted by Crippen LogP contribution is 2.45. The van der Waals surface area contributed by atoms with Crippen LogP contribution in [0.25, 0.3) is 10.4 Å². The molecule has 1 atom stereocenters.